The largest absolute Gasteiger partial charge is 0.342 e. The van der Waals surface area contributed by atoms with Crippen molar-refractivity contribution >= 4 is 34.2 Å². The van der Waals surface area contributed by atoms with Gasteiger partial charge in [0.05, 0.1) is 10.9 Å². The number of rotatable bonds is 4. The van der Waals surface area contributed by atoms with Crippen LogP contribution in [0.15, 0.2) is 22.7 Å². The van der Waals surface area contributed by atoms with Crippen LogP contribution in [0, 0.1) is 11.7 Å². The second-order valence-corrected chi connectivity index (χ2v) is 5.83. The molecule has 112 valence electrons. The Hall–Kier alpha value is -0.650. The zero-order valence-electron chi connectivity index (χ0n) is 11.4. The Balaban J connectivity index is 0.00000200. The smallest absolute Gasteiger partial charge is 0.227 e. The number of hydrogen-bond acceptors (Lipinski definition) is 2. The van der Waals surface area contributed by atoms with Gasteiger partial charge in [-0.3, -0.25) is 4.79 Å². The molecule has 1 aliphatic rings. The minimum Gasteiger partial charge on any atom is -0.342 e. The van der Waals surface area contributed by atoms with Crippen molar-refractivity contribution < 1.29 is 9.18 Å². The zero-order chi connectivity index (χ0) is 13.8. The molecule has 1 unspecified atom stereocenters. The molecular weight excluding hydrogens is 347 g/mol. The van der Waals surface area contributed by atoms with Gasteiger partial charge in [0.2, 0.25) is 5.91 Å². The topological polar surface area (TPSA) is 32.3 Å². The summed E-state index contributed by atoms with van der Waals surface area (Å²) in [5.41, 5.74) is 0.843. The van der Waals surface area contributed by atoms with Gasteiger partial charge in [-0.2, -0.15) is 0 Å². The third kappa shape index (κ3) is 4.43. The number of carbonyl (C=O) groups is 1. The molecule has 1 aromatic carbocycles. The van der Waals surface area contributed by atoms with E-state index >= 15 is 0 Å². The van der Waals surface area contributed by atoms with Crippen LogP contribution in [0.5, 0.6) is 0 Å². The first-order valence-electron chi connectivity index (χ1n) is 6.46. The fourth-order valence-electron chi connectivity index (χ4n) is 2.45. The van der Waals surface area contributed by atoms with Crippen molar-refractivity contribution in [2.45, 2.75) is 12.8 Å². The highest BCUT2D eigenvalue weighted by Gasteiger charge is 2.25. The van der Waals surface area contributed by atoms with E-state index in [1.807, 2.05) is 11.9 Å². The standard InChI is InChI=1S/C14H18BrFN2O.ClH/c1-17-8-11-4-5-18(9-11)14(19)7-10-2-3-13(16)12(15)6-10;/h2-3,6,11,17H,4-5,7-9H2,1H3;1H. The average Bonchev–Trinajstić information content (AvgIpc) is 2.83. The number of hydrogen-bond donors (Lipinski definition) is 1. The summed E-state index contributed by atoms with van der Waals surface area (Å²) in [6.45, 7) is 2.60. The van der Waals surface area contributed by atoms with E-state index < -0.39 is 0 Å². The number of likely N-dealkylation sites (tertiary alicyclic amines) is 1. The van der Waals surface area contributed by atoms with Gasteiger partial charge in [0.25, 0.3) is 0 Å². The molecule has 0 saturated carbocycles. The van der Waals surface area contributed by atoms with E-state index in [1.54, 1.807) is 12.1 Å². The van der Waals surface area contributed by atoms with Crippen molar-refractivity contribution in [3.05, 3.63) is 34.1 Å². The SMILES string of the molecule is CNCC1CCN(C(=O)Cc2ccc(F)c(Br)c2)C1.Cl. The maximum absolute atomic E-state index is 13.1. The third-order valence-electron chi connectivity index (χ3n) is 3.47. The van der Waals surface area contributed by atoms with Gasteiger partial charge in [0.15, 0.2) is 0 Å². The molecule has 0 bridgehead atoms. The van der Waals surface area contributed by atoms with E-state index in [0.717, 1.165) is 31.6 Å². The van der Waals surface area contributed by atoms with Crippen LogP contribution in [0.25, 0.3) is 0 Å². The van der Waals surface area contributed by atoms with Crippen molar-refractivity contribution in [2.24, 2.45) is 5.92 Å². The summed E-state index contributed by atoms with van der Waals surface area (Å²) in [6.07, 6.45) is 1.39. The Morgan fingerprint density at radius 3 is 2.95 bits per heavy atom. The molecule has 0 radical (unpaired) electrons. The number of halogens is 3. The molecule has 0 spiro atoms. The van der Waals surface area contributed by atoms with Crippen LogP contribution in [-0.2, 0) is 11.2 Å². The number of carbonyl (C=O) groups excluding carboxylic acids is 1. The first-order valence-corrected chi connectivity index (χ1v) is 7.25. The van der Waals surface area contributed by atoms with Crippen molar-refractivity contribution in [1.82, 2.24) is 10.2 Å². The van der Waals surface area contributed by atoms with Crippen LogP contribution in [0.2, 0.25) is 0 Å². The van der Waals surface area contributed by atoms with Gasteiger partial charge < -0.3 is 10.2 Å². The maximum atomic E-state index is 13.1. The van der Waals surface area contributed by atoms with Crippen LogP contribution in [0.4, 0.5) is 4.39 Å². The second kappa shape index (κ2) is 7.96. The first kappa shape index (κ1) is 17.4. The normalized spacial score (nSPS) is 17.9. The fourth-order valence-corrected chi connectivity index (χ4v) is 2.88. The quantitative estimate of drug-likeness (QED) is 0.889. The lowest BCUT2D eigenvalue weighted by molar-refractivity contribution is -0.129. The van der Waals surface area contributed by atoms with Crippen molar-refractivity contribution in [2.75, 3.05) is 26.7 Å². The lowest BCUT2D eigenvalue weighted by Gasteiger charge is -2.16. The van der Waals surface area contributed by atoms with Crippen molar-refractivity contribution in [3.8, 4) is 0 Å². The summed E-state index contributed by atoms with van der Waals surface area (Å²) in [7, 11) is 1.93. The highest BCUT2D eigenvalue weighted by atomic mass is 79.9. The third-order valence-corrected chi connectivity index (χ3v) is 4.08. The molecule has 20 heavy (non-hydrogen) atoms. The number of benzene rings is 1. The molecule has 1 saturated heterocycles. The van der Waals surface area contributed by atoms with Crippen molar-refractivity contribution in [3.63, 3.8) is 0 Å². The molecule has 1 N–H and O–H groups in total. The van der Waals surface area contributed by atoms with Gasteiger partial charge >= 0.3 is 0 Å². The summed E-state index contributed by atoms with van der Waals surface area (Å²) in [5.74, 6) is 0.373. The molecule has 1 aromatic rings. The Bertz CT molecular complexity index is 472. The Morgan fingerprint density at radius 2 is 2.30 bits per heavy atom. The van der Waals surface area contributed by atoms with E-state index in [-0.39, 0.29) is 24.1 Å². The minimum atomic E-state index is -0.300. The number of nitrogens with zero attached hydrogens (tertiary/aromatic N) is 1. The zero-order valence-corrected chi connectivity index (χ0v) is 13.8. The van der Waals surface area contributed by atoms with Gasteiger partial charge in [-0.05, 0) is 59.6 Å². The fraction of sp³-hybridized carbons (Fsp3) is 0.500. The van der Waals surface area contributed by atoms with E-state index in [9.17, 15) is 9.18 Å². The first-order chi connectivity index (χ1) is 9.10. The van der Waals surface area contributed by atoms with E-state index in [0.29, 0.717) is 16.8 Å². The van der Waals surface area contributed by atoms with Gasteiger partial charge in [-0.25, -0.2) is 4.39 Å². The van der Waals surface area contributed by atoms with Gasteiger partial charge in [-0.15, -0.1) is 12.4 Å². The number of amides is 1. The lowest BCUT2D eigenvalue weighted by Crippen LogP contribution is -2.31. The molecule has 1 heterocycles. The Kier molecular flexibility index (Phi) is 6.92. The Labute approximate surface area is 133 Å². The predicted molar refractivity (Wildman–Crippen MR) is 83.7 cm³/mol. The second-order valence-electron chi connectivity index (χ2n) is 4.98. The van der Waals surface area contributed by atoms with E-state index in [1.165, 1.54) is 6.07 Å². The van der Waals surface area contributed by atoms with E-state index in [2.05, 4.69) is 21.2 Å². The summed E-state index contributed by atoms with van der Waals surface area (Å²) in [6, 6.07) is 4.73. The monoisotopic (exact) mass is 364 g/mol. The average molecular weight is 366 g/mol. The van der Waals surface area contributed by atoms with E-state index in [4.69, 9.17) is 0 Å². The predicted octanol–water partition coefficient (Wildman–Crippen LogP) is 2.62. The van der Waals surface area contributed by atoms with Gasteiger partial charge in [-0.1, -0.05) is 6.07 Å². The molecule has 1 atom stereocenters. The van der Waals surface area contributed by atoms with Crippen LogP contribution in [0.3, 0.4) is 0 Å². The molecule has 2 rings (SSSR count). The van der Waals surface area contributed by atoms with Crippen LogP contribution in [-0.4, -0.2) is 37.5 Å². The highest BCUT2D eigenvalue weighted by Crippen LogP contribution is 2.20. The molecule has 1 amide bonds. The van der Waals surface area contributed by atoms with Crippen LogP contribution >= 0.6 is 28.3 Å². The molecule has 1 aliphatic heterocycles. The molecule has 6 heteroatoms. The Morgan fingerprint density at radius 1 is 1.55 bits per heavy atom. The summed E-state index contributed by atoms with van der Waals surface area (Å²) < 4.78 is 13.5. The van der Waals surface area contributed by atoms with Crippen LogP contribution in [0.1, 0.15) is 12.0 Å². The molecule has 0 aromatic heterocycles. The van der Waals surface area contributed by atoms with Crippen LogP contribution < -0.4 is 5.32 Å². The molecule has 1 fully saturated rings. The highest BCUT2D eigenvalue weighted by molar-refractivity contribution is 9.10. The molecular formula is C14H19BrClFN2O. The maximum Gasteiger partial charge on any atom is 0.227 e. The lowest BCUT2D eigenvalue weighted by atomic mass is 10.1. The molecule has 0 aliphatic carbocycles. The minimum absolute atomic E-state index is 0. The summed E-state index contributed by atoms with van der Waals surface area (Å²) in [5, 5.41) is 3.15. The van der Waals surface area contributed by atoms with Gasteiger partial charge in [0.1, 0.15) is 5.82 Å². The summed E-state index contributed by atoms with van der Waals surface area (Å²) >= 11 is 3.14. The number of nitrogens with one attached hydrogen (secondary N) is 1. The molecule has 3 nitrogen and oxygen atoms in total. The summed E-state index contributed by atoms with van der Waals surface area (Å²) in [4.78, 5) is 14.1. The van der Waals surface area contributed by atoms with Gasteiger partial charge in [0, 0.05) is 13.1 Å². The van der Waals surface area contributed by atoms with Crippen molar-refractivity contribution in [1.29, 1.82) is 0 Å².